The number of carboxylic acid groups (broad SMARTS) is 1. The maximum Gasteiger partial charge on any atom is 0.321 e. The van der Waals surface area contributed by atoms with Crippen LogP contribution in [0.25, 0.3) is 10.9 Å². The Morgan fingerprint density at radius 2 is 2.30 bits per heavy atom. The number of H-pyrrole nitrogens is 1. The first-order valence-electron chi connectivity index (χ1n) is 5.72. The van der Waals surface area contributed by atoms with E-state index in [4.69, 9.17) is 22.4 Å². The van der Waals surface area contributed by atoms with Crippen molar-refractivity contribution in [2.75, 3.05) is 5.75 Å². The minimum Gasteiger partial charge on any atom is -0.480 e. The number of hydrogen-bond acceptors (Lipinski definition) is 5. The number of benzene rings is 1. The normalized spacial score (nSPS) is 12.5. The number of nitrogens with two attached hydrogens (primary N) is 1. The van der Waals surface area contributed by atoms with Crippen molar-refractivity contribution in [2.45, 2.75) is 11.8 Å². The number of aliphatic carboxylic acids is 1. The maximum absolute atomic E-state index is 11.9. The molecule has 0 saturated heterocycles. The number of fused-ring (bicyclic) bond motifs is 1. The Bertz CT molecular complexity index is 704. The Hall–Kier alpha value is -1.57. The Labute approximate surface area is 123 Å². The number of aromatic amines is 1. The fourth-order valence-corrected chi connectivity index (χ4v) is 2.60. The quantitative estimate of drug-likeness (QED) is 0.766. The van der Waals surface area contributed by atoms with Crippen molar-refractivity contribution in [3.05, 3.63) is 39.4 Å². The Balaban J connectivity index is 2.14. The average molecular weight is 314 g/mol. The maximum atomic E-state index is 11.9. The third kappa shape index (κ3) is 3.50. The number of nitrogens with zero attached hydrogens (tertiary/aromatic N) is 1. The van der Waals surface area contributed by atoms with Gasteiger partial charge in [0, 0.05) is 10.8 Å². The van der Waals surface area contributed by atoms with Gasteiger partial charge in [0.1, 0.15) is 11.9 Å². The minimum absolute atomic E-state index is 0.248. The number of carboxylic acids is 1. The van der Waals surface area contributed by atoms with Crippen molar-refractivity contribution in [2.24, 2.45) is 5.73 Å². The second kappa shape index (κ2) is 6.25. The fourth-order valence-electron chi connectivity index (χ4n) is 1.58. The molecule has 4 N–H and O–H groups in total. The van der Waals surface area contributed by atoms with Crippen molar-refractivity contribution >= 4 is 40.2 Å². The lowest BCUT2D eigenvalue weighted by atomic mass is 10.2. The summed E-state index contributed by atoms with van der Waals surface area (Å²) in [6.07, 6.45) is 0. The Kier molecular flexibility index (Phi) is 4.64. The second-order valence-corrected chi connectivity index (χ2v) is 5.60. The summed E-state index contributed by atoms with van der Waals surface area (Å²) in [4.78, 5) is 29.4. The highest BCUT2D eigenvalue weighted by Crippen LogP contribution is 2.16. The highest BCUT2D eigenvalue weighted by Gasteiger charge is 2.11. The lowest BCUT2D eigenvalue weighted by Crippen LogP contribution is -2.32. The average Bonchev–Trinajstić information content (AvgIpc) is 2.39. The van der Waals surface area contributed by atoms with Gasteiger partial charge in [-0.2, -0.15) is 11.8 Å². The zero-order valence-electron chi connectivity index (χ0n) is 10.3. The predicted molar refractivity (Wildman–Crippen MR) is 79.1 cm³/mol. The predicted octanol–water partition coefficient (Wildman–Crippen LogP) is 1.22. The lowest BCUT2D eigenvalue weighted by Gasteiger charge is -2.06. The first-order valence-corrected chi connectivity index (χ1v) is 7.25. The Morgan fingerprint density at radius 3 is 3.00 bits per heavy atom. The number of thioether (sulfide) groups is 1. The number of aromatic nitrogens is 2. The van der Waals surface area contributed by atoms with Crippen LogP contribution in [0, 0.1) is 0 Å². The number of nitrogens with one attached hydrogen (secondary N) is 1. The largest absolute Gasteiger partial charge is 0.480 e. The van der Waals surface area contributed by atoms with Crippen LogP contribution >= 0.6 is 23.4 Å². The zero-order chi connectivity index (χ0) is 14.7. The van der Waals surface area contributed by atoms with Gasteiger partial charge in [0.2, 0.25) is 0 Å². The van der Waals surface area contributed by atoms with Gasteiger partial charge in [0.05, 0.1) is 16.7 Å². The van der Waals surface area contributed by atoms with Crippen molar-refractivity contribution in [3.8, 4) is 0 Å². The molecule has 1 heterocycles. The molecule has 106 valence electrons. The van der Waals surface area contributed by atoms with Gasteiger partial charge in [0.25, 0.3) is 5.56 Å². The lowest BCUT2D eigenvalue weighted by molar-refractivity contribution is -0.137. The van der Waals surface area contributed by atoms with Crippen LogP contribution in [0.2, 0.25) is 5.02 Å². The molecule has 6 nitrogen and oxygen atoms in total. The molecule has 0 amide bonds. The monoisotopic (exact) mass is 313 g/mol. The summed E-state index contributed by atoms with van der Waals surface area (Å²) in [5.74, 6) is 0.0615. The van der Waals surface area contributed by atoms with E-state index in [0.717, 1.165) is 0 Å². The summed E-state index contributed by atoms with van der Waals surface area (Å²) >= 11 is 7.12. The van der Waals surface area contributed by atoms with E-state index in [2.05, 4.69) is 9.97 Å². The van der Waals surface area contributed by atoms with Crippen LogP contribution in [-0.4, -0.2) is 32.8 Å². The van der Waals surface area contributed by atoms with Crippen molar-refractivity contribution in [3.63, 3.8) is 0 Å². The van der Waals surface area contributed by atoms with E-state index in [9.17, 15) is 9.59 Å². The number of hydrogen-bond donors (Lipinski definition) is 3. The zero-order valence-corrected chi connectivity index (χ0v) is 11.9. The van der Waals surface area contributed by atoms with Crippen molar-refractivity contribution in [1.29, 1.82) is 0 Å². The summed E-state index contributed by atoms with van der Waals surface area (Å²) in [6.45, 7) is 0. The van der Waals surface area contributed by atoms with Crippen molar-refractivity contribution in [1.82, 2.24) is 9.97 Å². The van der Waals surface area contributed by atoms with Crippen LogP contribution < -0.4 is 11.3 Å². The molecule has 1 aromatic carbocycles. The van der Waals surface area contributed by atoms with Crippen LogP contribution in [0.15, 0.2) is 23.0 Å². The second-order valence-electron chi connectivity index (χ2n) is 4.13. The van der Waals surface area contributed by atoms with E-state index in [1.807, 2.05) is 0 Å². The van der Waals surface area contributed by atoms with E-state index in [0.29, 0.717) is 27.5 Å². The molecule has 0 unspecified atom stereocenters. The molecule has 0 radical (unpaired) electrons. The van der Waals surface area contributed by atoms with Crippen LogP contribution in [0.5, 0.6) is 0 Å². The Morgan fingerprint density at radius 1 is 1.55 bits per heavy atom. The highest BCUT2D eigenvalue weighted by atomic mass is 35.5. The molecule has 0 aliphatic carbocycles. The summed E-state index contributed by atoms with van der Waals surface area (Å²) in [5.41, 5.74) is 5.67. The van der Waals surface area contributed by atoms with Gasteiger partial charge in [-0.25, -0.2) is 4.98 Å². The summed E-state index contributed by atoms with van der Waals surface area (Å²) in [5, 5.41) is 9.56. The topological polar surface area (TPSA) is 109 Å². The SMILES string of the molecule is N[C@@H](CSCc1nc2ccc(Cl)cc2c(=O)[nH]1)C(=O)O. The van der Waals surface area contributed by atoms with E-state index in [1.165, 1.54) is 11.8 Å². The van der Waals surface area contributed by atoms with E-state index >= 15 is 0 Å². The van der Waals surface area contributed by atoms with Crippen molar-refractivity contribution < 1.29 is 9.90 Å². The number of carbonyl (C=O) groups is 1. The van der Waals surface area contributed by atoms with Gasteiger partial charge in [-0.15, -0.1) is 0 Å². The molecule has 20 heavy (non-hydrogen) atoms. The van der Waals surface area contributed by atoms with Gasteiger partial charge in [-0.3, -0.25) is 9.59 Å². The van der Waals surface area contributed by atoms with Crippen LogP contribution in [0.3, 0.4) is 0 Å². The molecular formula is C12H12ClN3O3S. The summed E-state index contributed by atoms with van der Waals surface area (Å²) in [6, 6.07) is 3.96. The summed E-state index contributed by atoms with van der Waals surface area (Å²) < 4.78 is 0. The van der Waals surface area contributed by atoms with Gasteiger partial charge < -0.3 is 15.8 Å². The third-order valence-corrected chi connectivity index (χ3v) is 3.88. The molecule has 2 rings (SSSR count). The summed E-state index contributed by atoms with van der Waals surface area (Å²) in [7, 11) is 0. The minimum atomic E-state index is -1.05. The molecule has 1 aromatic heterocycles. The first-order chi connectivity index (χ1) is 9.47. The molecule has 0 spiro atoms. The van der Waals surface area contributed by atoms with Crippen LogP contribution in [-0.2, 0) is 10.5 Å². The smallest absolute Gasteiger partial charge is 0.321 e. The molecule has 2 aromatic rings. The number of rotatable bonds is 5. The molecular weight excluding hydrogens is 302 g/mol. The molecule has 0 saturated carbocycles. The number of halogens is 1. The van der Waals surface area contributed by atoms with Gasteiger partial charge >= 0.3 is 5.97 Å². The molecule has 1 atom stereocenters. The van der Waals surface area contributed by atoms with E-state index < -0.39 is 12.0 Å². The molecule has 0 aliphatic rings. The van der Waals surface area contributed by atoms with Gasteiger partial charge in [-0.1, -0.05) is 11.6 Å². The van der Waals surface area contributed by atoms with Gasteiger partial charge in [-0.05, 0) is 18.2 Å². The fraction of sp³-hybridized carbons (Fsp3) is 0.250. The van der Waals surface area contributed by atoms with E-state index in [-0.39, 0.29) is 11.3 Å². The first kappa shape index (κ1) is 14.8. The molecule has 8 heteroatoms. The van der Waals surface area contributed by atoms with Gasteiger partial charge in [0.15, 0.2) is 0 Å². The van der Waals surface area contributed by atoms with Crippen LogP contribution in [0.1, 0.15) is 5.82 Å². The molecule has 0 bridgehead atoms. The third-order valence-electron chi connectivity index (χ3n) is 2.57. The highest BCUT2D eigenvalue weighted by molar-refractivity contribution is 7.98. The molecule has 0 aliphatic heterocycles. The molecule has 0 fully saturated rings. The standard InChI is InChI=1S/C12H12ClN3O3S/c13-6-1-2-9-7(3-6)11(17)16-10(15-9)5-20-4-8(14)12(18)19/h1-3,8H,4-5,14H2,(H,18,19)(H,15,16,17)/t8-/m0/s1. The van der Waals surface area contributed by atoms with Crippen LogP contribution in [0.4, 0.5) is 0 Å². The van der Waals surface area contributed by atoms with E-state index in [1.54, 1.807) is 18.2 Å².